The minimum Gasteiger partial charge on any atom is -0.382 e. The van der Waals surface area contributed by atoms with Crippen molar-refractivity contribution in [1.82, 2.24) is 10.6 Å². The topological polar surface area (TPSA) is 54.9 Å². The third-order valence-electron chi connectivity index (χ3n) is 3.24. The van der Waals surface area contributed by atoms with E-state index in [1.807, 2.05) is 13.0 Å². The van der Waals surface area contributed by atoms with E-state index in [4.69, 9.17) is 9.47 Å². The van der Waals surface area contributed by atoms with Crippen LogP contribution in [0.2, 0.25) is 0 Å². The molecule has 132 valence electrons. The molecular formula is C16H27FIN3O2. The molecule has 7 heteroatoms. The molecule has 0 heterocycles. The van der Waals surface area contributed by atoms with E-state index in [1.165, 1.54) is 0 Å². The van der Waals surface area contributed by atoms with Crippen LogP contribution in [-0.4, -0.2) is 46.5 Å². The molecule has 1 aromatic carbocycles. The normalized spacial score (nSPS) is 12.5. The lowest BCUT2D eigenvalue weighted by Gasteiger charge is -2.18. The Balaban J connectivity index is 0.00000484. The summed E-state index contributed by atoms with van der Waals surface area (Å²) in [7, 11) is 3.34. The van der Waals surface area contributed by atoms with Crippen LogP contribution in [0.3, 0.4) is 0 Å². The SMILES string of the molecule is CN=C(NCCOCCOC)NC(C)c1ccc(C)c(F)c1.I. The molecule has 0 aromatic heterocycles. The number of ether oxygens (including phenoxy) is 2. The number of nitrogens with zero attached hydrogens (tertiary/aromatic N) is 1. The maximum atomic E-state index is 13.6. The highest BCUT2D eigenvalue weighted by Crippen LogP contribution is 2.16. The number of rotatable bonds is 8. The van der Waals surface area contributed by atoms with Gasteiger partial charge in [0.25, 0.3) is 0 Å². The van der Waals surface area contributed by atoms with E-state index < -0.39 is 0 Å². The number of aryl methyl sites for hydroxylation is 1. The number of aliphatic imine (C=N–C) groups is 1. The minimum absolute atomic E-state index is 0. The van der Waals surface area contributed by atoms with Gasteiger partial charge in [0.1, 0.15) is 5.82 Å². The summed E-state index contributed by atoms with van der Waals surface area (Å²) in [6, 6.07) is 5.20. The lowest BCUT2D eigenvalue weighted by Crippen LogP contribution is -2.40. The molecule has 1 aromatic rings. The fourth-order valence-electron chi connectivity index (χ4n) is 1.85. The summed E-state index contributed by atoms with van der Waals surface area (Å²) in [6.07, 6.45) is 0. The lowest BCUT2D eigenvalue weighted by molar-refractivity contribution is 0.0733. The molecular weight excluding hydrogens is 412 g/mol. The van der Waals surface area contributed by atoms with Gasteiger partial charge in [0, 0.05) is 20.7 Å². The summed E-state index contributed by atoms with van der Waals surface area (Å²) < 4.78 is 23.9. The van der Waals surface area contributed by atoms with Crippen molar-refractivity contribution < 1.29 is 13.9 Å². The van der Waals surface area contributed by atoms with E-state index in [9.17, 15) is 4.39 Å². The summed E-state index contributed by atoms with van der Waals surface area (Å²) in [5.41, 5.74) is 1.52. The second kappa shape index (κ2) is 12.5. The quantitative estimate of drug-likeness (QED) is 0.283. The first-order valence-electron chi connectivity index (χ1n) is 7.38. The van der Waals surface area contributed by atoms with Crippen molar-refractivity contribution in [2.45, 2.75) is 19.9 Å². The highest BCUT2D eigenvalue weighted by molar-refractivity contribution is 14.0. The monoisotopic (exact) mass is 439 g/mol. The van der Waals surface area contributed by atoms with E-state index in [2.05, 4.69) is 15.6 Å². The summed E-state index contributed by atoms with van der Waals surface area (Å²) in [6.45, 7) is 6.08. The Morgan fingerprint density at radius 1 is 1.30 bits per heavy atom. The number of guanidine groups is 1. The molecule has 2 N–H and O–H groups in total. The van der Waals surface area contributed by atoms with Crippen LogP contribution in [0.25, 0.3) is 0 Å². The molecule has 23 heavy (non-hydrogen) atoms. The second-order valence-electron chi connectivity index (χ2n) is 4.98. The summed E-state index contributed by atoms with van der Waals surface area (Å²) in [5, 5.41) is 6.38. The first-order valence-corrected chi connectivity index (χ1v) is 7.38. The highest BCUT2D eigenvalue weighted by atomic mass is 127. The third kappa shape index (κ3) is 8.47. The number of halogens is 2. The van der Waals surface area contributed by atoms with Crippen LogP contribution < -0.4 is 10.6 Å². The molecule has 0 aliphatic rings. The minimum atomic E-state index is -0.194. The first-order chi connectivity index (χ1) is 10.6. The highest BCUT2D eigenvalue weighted by Gasteiger charge is 2.09. The number of hydrogen-bond donors (Lipinski definition) is 2. The van der Waals surface area contributed by atoms with E-state index in [0.29, 0.717) is 37.9 Å². The van der Waals surface area contributed by atoms with Gasteiger partial charge in [-0.25, -0.2) is 4.39 Å². The molecule has 0 radical (unpaired) electrons. The number of nitrogens with one attached hydrogen (secondary N) is 2. The van der Waals surface area contributed by atoms with Crippen LogP contribution in [0.5, 0.6) is 0 Å². The second-order valence-corrected chi connectivity index (χ2v) is 4.98. The molecule has 0 fully saturated rings. The molecule has 0 bridgehead atoms. The molecule has 0 aliphatic heterocycles. The molecule has 1 unspecified atom stereocenters. The predicted octanol–water partition coefficient (Wildman–Crippen LogP) is 2.64. The standard InChI is InChI=1S/C16H26FN3O2.HI/c1-12-5-6-14(11-15(12)17)13(2)20-16(18-3)19-7-8-22-10-9-21-4;/h5-6,11,13H,7-10H2,1-4H3,(H2,18,19,20);1H. The van der Waals surface area contributed by atoms with Gasteiger partial charge in [-0.05, 0) is 31.0 Å². The maximum absolute atomic E-state index is 13.6. The van der Waals surface area contributed by atoms with Crippen molar-refractivity contribution in [3.8, 4) is 0 Å². The zero-order valence-corrected chi connectivity index (χ0v) is 16.5. The largest absolute Gasteiger partial charge is 0.382 e. The smallest absolute Gasteiger partial charge is 0.191 e. The zero-order chi connectivity index (χ0) is 16.4. The molecule has 0 spiro atoms. The van der Waals surface area contributed by atoms with Gasteiger partial charge in [0.2, 0.25) is 0 Å². The predicted molar refractivity (Wildman–Crippen MR) is 102 cm³/mol. The summed E-state index contributed by atoms with van der Waals surface area (Å²) in [4.78, 5) is 4.15. The van der Waals surface area contributed by atoms with Gasteiger partial charge in [0.15, 0.2) is 5.96 Å². The van der Waals surface area contributed by atoms with Gasteiger partial charge in [0.05, 0.1) is 25.9 Å². The summed E-state index contributed by atoms with van der Waals surface area (Å²) >= 11 is 0. The third-order valence-corrected chi connectivity index (χ3v) is 3.24. The van der Waals surface area contributed by atoms with Crippen LogP contribution in [0.4, 0.5) is 4.39 Å². The van der Waals surface area contributed by atoms with Crippen molar-refractivity contribution in [2.75, 3.05) is 40.5 Å². The molecule has 0 amide bonds. The molecule has 5 nitrogen and oxygen atoms in total. The van der Waals surface area contributed by atoms with Crippen LogP contribution >= 0.6 is 24.0 Å². The first kappa shape index (κ1) is 22.1. The average molecular weight is 439 g/mol. The Morgan fingerprint density at radius 2 is 2.04 bits per heavy atom. The lowest BCUT2D eigenvalue weighted by atomic mass is 10.1. The van der Waals surface area contributed by atoms with Crippen LogP contribution in [0.15, 0.2) is 23.2 Å². The Kier molecular flexibility index (Phi) is 12.0. The van der Waals surface area contributed by atoms with Crippen molar-refractivity contribution in [3.63, 3.8) is 0 Å². The molecule has 1 atom stereocenters. The fourth-order valence-corrected chi connectivity index (χ4v) is 1.85. The molecule has 0 aliphatic carbocycles. The van der Waals surface area contributed by atoms with Crippen molar-refractivity contribution in [2.24, 2.45) is 4.99 Å². The Bertz CT molecular complexity index is 486. The molecule has 1 rings (SSSR count). The zero-order valence-electron chi connectivity index (χ0n) is 14.2. The molecule has 0 saturated carbocycles. The van der Waals surface area contributed by atoms with Gasteiger partial charge in [-0.15, -0.1) is 24.0 Å². The average Bonchev–Trinajstić information content (AvgIpc) is 2.51. The molecule has 0 saturated heterocycles. The van der Waals surface area contributed by atoms with Crippen LogP contribution in [-0.2, 0) is 9.47 Å². The van der Waals surface area contributed by atoms with Gasteiger partial charge < -0.3 is 20.1 Å². The van der Waals surface area contributed by atoms with E-state index in [0.717, 1.165) is 5.56 Å². The van der Waals surface area contributed by atoms with Crippen molar-refractivity contribution in [1.29, 1.82) is 0 Å². The van der Waals surface area contributed by atoms with Gasteiger partial charge in [-0.3, -0.25) is 4.99 Å². The van der Waals surface area contributed by atoms with Crippen molar-refractivity contribution >= 4 is 29.9 Å². The number of methoxy groups -OCH3 is 1. The Hall–Kier alpha value is -0.930. The van der Waals surface area contributed by atoms with Crippen LogP contribution in [0.1, 0.15) is 24.1 Å². The van der Waals surface area contributed by atoms with E-state index in [-0.39, 0.29) is 35.8 Å². The van der Waals surface area contributed by atoms with Gasteiger partial charge in [-0.2, -0.15) is 0 Å². The fraction of sp³-hybridized carbons (Fsp3) is 0.562. The number of hydrogen-bond acceptors (Lipinski definition) is 3. The van der Waals surface area contributed by atoms with E-state index in [1.54, 1.807) is 33.2 Å². The summed E-state index contributed by atoms with van der Waals surface area (Å²) in [5.74, 6) is 0.462. The Morgan fingerprint density at radius 3 is 2.65 bits per heavy atom. The van der Waals surface area contributed by atoms with Gasteiger partial charge >= 0.3 is 0 Å². The van der Waals surface area contributed by atoms with E-state index >= 15 is 0 Å². The van der Waals surface area contributed by atoms with Gasteiger partial charge in [-0.1, -0.05) is 12.1 Å². The Labute approximate surface area is 155 Å². The number of benzene rings is 1. The maximum Gasteiger partial charge on any atom is 0.191 e. The van der Waals surface area contributed by atoms with Crippen LogP contribution in [0, 0.1) is 12.7 Å². The van der Waals surface area contributed by atoms with Crippen molar-refractivity contribution in [3.05, 3.63) is 35.1 Å².